The average Bonchev–Trinajstić information content (AvgIpc) is 2.50. The first-order chi connectivity index (χ1) is 10.0. The molecule has 0 aliphatic carbocycles. The van der Waals surface area contributed by atoms with Crippen molar-refractivity contribution in [1.82, 2.24) is 10.2 Å². The molecule has 0 spiro atoms. The Labute approximate surface area is 127 Å². The number of nitrogens with zero attached hydrogens (tertiary/aromatic N) is 1. The molecular weight excluding hydrogens is 267 g/mol. The first-order valence-electron chi connectivity index (χ1n) is 7.79. The third-order valence-electron chi connectivity index (χ3n) is 4.90. The van der Waals surface area contributed by atoms with Gasteiger partial charge in [-0.1, -0.05) is 13.0 Å². The van der Waals surface area contributed by atoms with Crippen LogP contribution in [-0.2, 0) is 4.74 Å². The summed E-state index contributed by atoms with van der Waals surface area (Å²) in [5.41, 5.74) is 2.17. The summed E-state index contributed by atoms with van der Waals surface area (Å²) in [6.07, 6.45) is 1.02. The van der Waals surface area contributed by atoms with Crippen LogP contribution in [-0.4, -0.2) is 43.8 Å². The van der Waals surface area contributed by atoms with Crippen LogP contribution in [0, 0.1) is 12.7 Å². The number of rotatable bonds is 5. The van der Waals surface area contributed by atoms with Gasteiger partial charge in [0.1, 0.15) is 5.82 Å². The van der Waals surface area contributed by atoms with Gasteiger partial charge in [-0.05, 0) is 50.6 Å². The number of hydrogen-bond acceptors (Lipinski definition) is 3. The second-order valence-corrected chi connectivity index (χ2v) is 6.03. The Morgan fingerprint density at radius 2 is 2.05 bits per heavy atom. The lowest BCUT2D eigenvalue weighted by molar-refractivity contribution is -0.0320. The summed E-state index contributed by atoms with van der Waals surface area (Å²) < 4.78 is 18.9. The summed E-state index contributed by atoms with van der Waals surface area (Å²) in [6.45, 7) is 9.97. The summed E-state index contributed by atoms with van der Waals surface area (Å²) in [4.78, 5) is 2.50. The molecule has 118 valence electrons. The maximum absolute atomic E-state index is 13.4. The maximum Gasteiger partial charge on any atom is 0.123 e. The minimum absolute atomic E-state index is 0.0128. The van der Waals surface area contributed by atoms with E-state index in [0.29, 0.717) is 0 Å². The molecule has 1 aromatic rings. The van der Waals surface area contributed by atoms with E-state index in [1.807, 2.05) is 20.0 Å². The van der Waals surface area contributed by atoms with Gasteiger partial charge in [0, 0.05) is 18.6 Å². The molecule has 2 unspecified atom stereocenters. The van der Waals surface area contributed by atoms with Crippen LogP contribution >= 0.6 is 0 Å². The van der Waals surface area contributed by atoms with Crippen molar-refractivity contribution in [3.8, 4) is 0 Å². The van der Waals surface area contributed by atoms with Gasteiger partial charge in [-0.15, -0.1) is 0 Å². The van der Waals surface area contributed by atoms with Crippen molar-refractivity contribution < 1.29 is 9.13 Å². The summed E-state index contributed by atoms with van der Waals surface area (Å²) in [5.74, 6) is -0.171. The Kier molecular flexibility index (Phi) is 5.36. The highest BCUT2D eigenvalue weighted by Gasteiger charge is 2.39. The summed E-state index contributed by atoms with van der Waals surface area (Å²) in [6, 6.07) is 5.26. The van der Waals surface area contributed by atoms with Gasteiger partial charge >= 0.3 is 0 Å². The summed E-state index contributed by atoms with van der Waals surface area (Å²) in [7, 11) is 1.99. The molecule has 21 heavy (non-hydrogen) atoms. The molecule has 1 aromatic carbocycles. The highest BCUT2D eigenvalue weighted by Crippen LogP contribution is 2.36. The van der Waals surface area contributed by atoms with Crippen LogP contribution in [0.3, 0.4) is 0 Å². The van der Waals surface area contributed by atoms with E-state index >= 15 is 0 Å². The van der Waals surface area contributed by atoms with E-state index in [1.54, 1.807) is 12.1 Å². The highest BCUT2D eigenvalue weighted by atomic mass is 19.1. The van der Waals surface area contributed by atoms with E-state index in [4.69, 9.17) is 4.74 Å². The molecule has 2 atom stereocenters. The number of morpholine rings is 1. The fraction of sp³-hybridized carbons (Fsp3) is 0.647. The maximum atomic E-state index is 13.4. The zero-order chi connectivity index (χ0) is 15.5. The minimum atomic E-state index is -0.171. The molecule has 0 bridgehead atoms. The molecule has 1 saturated heterocycles. The predicted molar refractivity (Wildman–Crippen MR) is 84.0 cm³/mol. The molecule has 1 fully saturated rings. The smallest absolute Gasteiger partial charge is 0.123 e. The molecule has 1 aliphatic heterocycles. The zero-order valence-corrected chi connectivity index (χ0v) is 13.6. The van der Waals surface area contributed by atoms with Gasteiger partial charge in [-0.2, -0.15) is 0 Å². The van der Waals surface area contributed by atoms with Gasteiger partial charge in [0.2, 0.25) is 0 Å². The van der Waals surface area contributed by atoms with Crippen LogP contribution in [0.25, 0.3) is 0 Å². The van der Waals surface area contributed by atoms with E-state index in [-0.39, 0.29) is 17.4 Å². The molecule has 0 amide bonds. The van der Waals surface area contributed by atoms with Crippen molar-refractivity contribution in [3.05, 3.63) is 35.1 Å². The number of aryl methyl sites for hydroxylation is 1. The van der Waals surface area contributed by atoms with Gasteiger partial charge in [0.25, 0.3) is 0 Å². The topological polar surface area (TPSA) is 24.5 Å². The van der Waals surface area contributed by atoms with Crippen molar-refractivity contribution >= 4 is 0 Å². The van der Waals surface area contributed by atoms with E-state index in [0.717, 1.165) is 38.3 Å². The highest BCUT2D eigenvalue weighted by molar-refractivity contribution is 5.32. The van der Waals surface area contributed by atoms with Crippen LogP contribution in [0.15, 0.2) is 18.2 Å². The van der Waals surface area contributed by atoms with Crippen LogP contribution in [0.5, 0.6) is 0 Å². The lowest BCUT2D eigenvalue weighted by Crippen LogP contribution is -2.57. The Balaban J connectivity index is 2.35. The minimum Gasteiger partial charge on any atom is -0.379 e. The monoisotopic (exact) mass is 294 g/mol. The standard InChI is InChI=1S/C17H27FN2O/c1-5-17(3,20-8-10-21-11-9-20)16(19-4)15-7-6-14(18)12-13(15)2/h6-7,12,16,19H,5,8-11H2,1-4H3. The fourth-order valence-electron chi connectivity index (χ4n) is 3.45. The first kappa shape index (κ1) is 16.4. The number of hydrogen-bond donors (Lipinski definition) is 1. The number of halogens is 1. The summed E-state index contributed by atoms with van der Waals surface area (Å²) >= 11 is 0. The van der Waals surface area contributed by atoms with Crippen molar-refractivity contribution in [2.24, 2.45) is 0 Å². The predicted octanol–water partition coefficient (Wildman–Crippen LogP) is 2.90. The van der Waals surface area contributed by atoms with Crippen molar-refractivity contribution in [3.63, 3.8) is 0 Å². The van der Waals surface area contributed by atoms with E-state index in [2.05, 4.69) is 24.1 Å². The third kappa shape index (κ3) is 3.28. The second kappa shape index (κ2) is 6.86. The Morgan fingerprint density at radius 1 is 1.38 bits per heavy atom. The lowest BCUT2D eigenvalue weighted by Gasteiger charge is -2.48. The zero-order valence-electron chi connectivity index (χ0n) is 13.6. The SMILES string of the molecule is CCC(C)(C(NC)c1ccc(F)cc1C)N1CCOCC1. The van der Waals surface area contributed by atoms with E-state index in [1.165, 1.54) is 5.56 Å². The van der Waals surface area contributed by atoms with Gasteiger partial charge in [-0.25, -0.2) is 4.39 Å². The number of ether oxygens (including phenoxy) is 1. The fourth-order valence-corrected chi connectivity index (χ4v) is 3.45. The number of benzene rings is 1. The van der Waals surface area contributed by atoms with Crippen LogP contribution in [0.1, 0.15) is 37.4 Å². The molecule has 0 aromatic heterocycles. The van der Waals surface area contributed by atoms with E-state index in [9.17, 15) is 4.39 Å². The molecule has 1 aliphatic rings. The van der Waals surface area contributed by atoms with E-state index < -0.39 is 0 Å². The van der Waals surface area contributed by atoms with Gasteiger partial charge < -0.3 is 10.1 Å². The van der Waals surface area contributed by atoms with Gasteiger partial charge in [0.05, 0.1) is 19.3 Å². The molecule has 1 N–H and O–H groups in total. The van der Waals surface area contributed by atoms with Crippen molar-refractivity contribution in [2.75, 3.05) is 33.4 Å². The quantitative estimate of drug-likeness (QED) is 0.904. The number of likely N-dealkylation sites (N-methyl/N-ethyl adjacent to an activating group) is 1. The molecule has 2 rings (SSSR count). The summed E-state index contributed by atoms with van der Waals surface area (Å²) in [5, 5.41) is 3.46. The van der Waals surface area contributed by atoms with Crippen molar-refractivity contribution in [1.29, 1.82) is 0 Å². The molecule has 0 saturated carbocycles. The molecule has 0 radical (unpaired) electrons. The van der Waals surface area contributed by atoms with Gasteiger partial charge in [-0.3, -0.25) is 4.90 Å². The van der Waals surface area contributed by atoms with Gasteiger partial charge in [0.15, 0.2) is 0 Å². The van der Waals surface area contributed by atoms with Crippen LogP contribution in [0.4, 0.5) is 4.39 Å². The molecule has 1 heterocycles. The number of nitrogens with one attached hydrogen (secondary N) is 1. The lowest BCUT2D eigenvalue weighted by atomic mass is 9.81. The Morgan fingerprint density at radius 3 is 2.57 bits per heavy atom. The Bertz CT molecular complexity index is 474. The average molecular weight is 294 g/mol. The third-order valence-corrected chi connectivity index (χ3v) is 4.90. The second-order valence-electron chi connectivity index (χ2n) is 6.03. The molecular formula is C17H27FN2O. The van der Waals surface area contributed by atoms with Crippen LogP contribution in [0.2, 0.25) is 0 Å². The normalized spacial score (nSPS) is 21.0. The molecule has 4 heteroatoms. The largest absolute Gasteiger partial charge is 0.379 e. The first-order valence-corrected chi connectivity index (χ1v) is 7.79. The van der Waals surface area contributed by atoms with Crippen molar-refractivity contribution in [2.45, 2.75) is 38.8 Å². The molecule has 3 nitrogen and oxygen atoms in total. The van der Waals surface area contributed by atoms with Crippen LogP contribution < -0.4 is 5.32 Å². The Hall–Kier alpha value is -0.970.